The minimum atomic E-state index is -0.136. The minimum absolute atomic E-state index is 0.0668. The highest BCUT2D eigenvalue weighted by Crippen LogP contribution is 2.29. The molecule has 1 saturated heterocycles. The number of imide groups is 1. The number of aliphatic hydroxyl groups is 1. The van der Waals surface area contributed by atoms with Crippen LogP contribution < -0.4 is 0 Å². The molecule has 0 aromatic rings. The average molecular weight is 427 g/mol. The molecule has 0 aliphatic carbocycles. The van der Waals surface area contributed by atoms with Crippen LogP contribution in [0.3, 0.4) is 0 Å². The summed E-state index contributed by atoms with van der Waals surface area (Å²) >= 11 is 0. The van der Waals surface area contributed by atoms with Crippen molar-refractivity contribution >= 4 is 11.9 Å². The average Bonchev–Trinajstić information content (AvgIpc) is 2.96. The van der Waals surface area contributed by atoms with Gasteiger partial charge in [0, 0.05) is 32.9 Å². The van der Waals surface area contributed by atoms with E-state index in [1.807, 2.05) is 6.92 Å². The van der Waals surface area contributed by atoms with Gasteiger partial charge in [-0.15, -0.1) is 0 Å². The van der Waals surface area contributed by atoms with Crippen LogP contribution in [0.15, 0.2) is 0 Å². The normalized spacial score (nSPS) is 15.5. The van der Waals surface area contributed by atoms with Gasteiger partial charge in [-0.3, -0.25) is 9.69 Å². The number of carbonyl (C=O) groups excluding carboxylic acids is 2. The molecule has 176 valence electrons. The van der Waals surface area contributed by atoms with E-state index < -0.39 is 0 Å². The molecule has 0 saturated carbocycles. The van der Waals surface area contributed by atoms with Gasteiger partial charge in [-0.05, 0) is 62.7 Å². The van der Waals surface area contributed by atoms with E-state index in [0.29, 0.717) is 18.5 Å². The van der Waals surface area contributed by atoms with Crippen molar-refractivity contribution in [3.05, 3.63) is 0 Å². The Bertz CT molecular complexity index is 519. The second-order valence-corrected chi connectivity index (χ2v) is 10.3. The molecule has 1 fully saturated rings. The van der Waals surface area contributed by atoms with Crippen molar-refractivity contribution in [3.8, 4) is 0 Å². The maximum absolute atomic E-state index is 12.2. The molecule has 1 aliphatic heterocycles. The van der Waals surface area contributed by atoms with E-state index in [1.165, 1.54) is 17.7 Å². The van der Waals surface area contributed by atoms with Gasteiger partial charge in [0.2, 0.25) is 5.91 Å². The highest BCUT2D eigenvalue weighted by Gasteiger charge is 2.35. The number of urea groups is 1. The smallest absolute Gasteiger partial charge is 0.327 e. The fourth-order valence-electron chi connectivity index (χ4n) is 4.00. The number of hydrogen-bond acceptors (Lipinski definition) is 4. The Labute approximate surface area is 184 Å². The molecule has 0 radical (unpaired) electrons. The zero-order valence-electron chi connectivity index (χ0n) is 20.2. The first-order valence-electron chi connectivity index (χ1n) is 11.9. The van der Waals surface area contributed by atoms with E-state index in [9.17, 15) is 9.59 Å². The van der Waals surface area contributed by atoms with Gasteiger partial charge in [-0.25, -0.2) is 4.79 Å². The molecule has 0 atom stereocenters. The minimum Gasteiger partial charge on any atom is -0.396 e. The molecule has 1 N–H and O–H groups in total. The van der Waals surface area contributed by atoms with Crippen LogP contribution in [-0.2, 0) is 9.53 Å². The van der Waals surface area contributed by atoms with Crippen LogP contribution in [0, 0.1) is 10.8 Å². The molecule has 1 heterocycles. The summed E-state index contributed by atoms with van der Waals surface area (Å²) in [5.74, 6) is -0.0668. The fraction of sp³-hybridized carbons (Fsp3) is 0.917. The molecule has 6 nitrogen and oxygen atoms in total. The van der Waals surface area contributed by atoms with Gasteiger partial charge in [0.05, 0.1) is 0 Å². The van der Waals surface area contributed by atoms with Gasteiger partial charge in [0.25, 0.3) is 0 Å². The Morgan fingerprint density at radius 2 is 1.40 bits per heavy atom. The molecule has 0 spiro atoms. The third-order valence-corrected chi connectivity index (χ3v) is 6.32. The van der Waals surface area contributed by atoms with Crippen LogP contribution in [0.5, 0.6) is 0 Å². The summed E-state index contributed by atoms with van der Waals surface area (Å²) in [5, 5.41) is 8.96. The van der Waals surface area contributed by atoms with E-state index in [4.69, 9.17) is 9.84 Å². The molecule has 30 heavy (non-hydrogen) atoms. The van der Waals surface area contributed by atoms with Gasteiger partial charge in [0.15, 0.2) is 0 Å². The standard InChI is InChI=1S/C24H46N2O4/c1-6-25-20-21(28)26(22(25)29)16-15-24(4,5)13-8-10-19-30-18-9-7-12-23(2,3)14-11-17-27/h27H,6-20H2,1-5H3. The molecular weight excluding hydrogens is 380 g/mol. The van der Waals surface area contributed by atoms with Gasteiger partial charge in [-0.2, -0.15) is 0 Å². The van der Waals surface area contributed by atoms with Crippen molar-refractivity contribution in [1.82, 2.24) is 9.80 Å². The molecule has 1 aliphatic rings. The van der Waals surface area contributed by atoms with Crippen molar-refractivity contribution in [3.63, 3.8) is 0 Å². The summed E-state index contributed by atoms with van der Waals surface area (Å²) < 4.78 is 5.79. The summed E-state index contributed by atoms with van der Waals surface area (Å²) in [6, 6.07) is -0.136. The van der Waals surface area contributed by atoms with Gasteiger partial charge in [-0.1, -0.05) is 40.5 Å². The summed E-state index contributed by atoms with van der Waals surface area (Å²) in [7, 11) is 0. The van der Waals surface area contributed by atoms with Crippen molar-refractivity contribution in [2.45, 2.75) is 92.4 Å². The Kier molecular flexibility index (Phi) is 11.9. The first-order chi connectivity index (χ1) is 14.1. The predicted octanol–water partition coefficient (Wildman–Crippen LogP) is 4.84. The quantitative estimate of drug-likeness (QED) is 0.267. The number of unbranched alkanes of at least 4 members (excludes halogenated alkanes) is 2. The molecule has 3 amide bonds. The molecule has 0 bridgehead atoms. The predicted molar refractivity (Wildman–Crippen MR) is 121 cm³/mol. The lowest BCUT2D eigenvalue weighted by Gasteiger charge is -2.27. The zero-order chi connectivity index (χ0) is 22.6. The Morgan fingerprint density at radius 3 is 1.90 bits per heavy atom. The molecule has 0 aromatic heterocycles. The largest absolute Gasteiger partial charge is 0.396 e. The van der Waals surface area contributed by atoms with E-state index in [-0.39, 0.29) is 30.5 Å². The number of amides is 3. The second kappa shape index (κ2) is 13.3. The van der Waals surface area contributed by atoms with Gasteiger partial charge in [0.1, 0.15) is 6.54 Å². The van der Waals surface area contributed by atoms with Crippen molar-refractivity contribution in [2.75, 3.05) is 39.5 Å². The lowest BCUT2D eigenvalue weighted by atomic mass is 9.83. The molecule has 6 heteroatoms. The molecular formula is C24H46N2O4. The van der Waals surface area contributed by atoms with E-state index in [2.05, 4.69) is 27.7 Å². The molecule has 0 aromatic carbocycles. The monoisotopic (exact) mass is 426 g/mol. The Hall–Kier alpha value is -1.14. The second-order valence-electron chi connectivity index (χ2n) is 10.3. The third kappa shape index (κ3) is 10.3. The number of ether oxygens (including phenoxy) is 1. The van der Waals surface area contributed by atoms with Crippen molar-refractivity contribution < 1.29 is 19.4 Å². The van der Waals surface area contributed by atoms with Crippen LogP contribution in [0.4, 0.5) is 4.79 Å². The van der Waals surface area contributed by atoms with Crippen LogP contribution in [0.25, 0.3) is 0 Å². The summed E-state index contributed by atoms with van der Waals surface area (Å²) in [4.78, 5) is 27.2. The van der Waals surface area contributed by atoms with Crippen LogP contribution in [-0.4, -0.2) is 66.3 Å². The third-order valence-electron chi connectivity index (χ3n) is 6.32. The first kappa shape index (κ1) is 26.9. The maximum atomic E-state index is 12.2. The number of likely N-dealkylation sites (N-methyl/N-ethyl adjacent to an activating group) is 1. The lowest BCUT2D eigenvalue weighted by molar-refractivity contribution is -0.125. The number of aliphatic hydroxyl groups excluding tert-OH is 1. The molecule has 0 unspecified atom stereocenters. The highest BCUT2D eigenvalue weighted by molar-refractivity contribution is 6.01. The van der Waals surface area contributed by atoms with E-state index in [1.54, 1.807) is 4.90 Å². The fourth-order valence-corrected chi connectivity index (χ4v) is 4.00. The lowest BCUT2D eigenvalue weighted by Crippen LogP contribution is -2.35. The van der Waals surface area contributed by atoms with Crippen molar-refractivity contribution in [2.24, 2.45) is 10.8 Å². The summed E-state index contributed by atoms with van der Waals surface area (Å²) in [6.45, 7) is 14.2. The number of nitrogens with zero attached hydrogens (tertiary/aromatic N) is 2. The highest BCUT2D eigenvalue weighted by atomic mass is 16.5. The number of carbonyl (C=O) groups is 2. The van der Waals surface area contributed by atoms with Gasteiger partial charge < -0.3 is 14.7 Å². The SMILES string of the molecule is CCN1CC(=O)N(CCC(C)(C)CCCCOCCCCC(C)(C)CCCO)C1=O. The van der Waals surface area contributed by atoms with E-state index >= 15 is 0 Å². The topological polar surface area (TPSA) is 70.1 Å². The Morgan fingerprint density at radius 1 is 0.867 bits per heavy atom. The van der Waals surface area contributed by atoms with Crippen LogP contribution >= 0.6 is 0 Å². The van der Waals surface area contributed by atoms with Crippen LogP contribution in [0.2, 0.25) is 0 Å². The number of hydrogen-bond donors (Lipinski definition) is 1. The first-order valence-corrected chi connectivity index (χ1v) is 11.9. The maximum Gasteiger partial charge on any atom is 0.327 e. The van der Waals surface area contributed by atoms with E-state index in [0.717, 1.165) is 58.2 Å². The van der Waals surface area contributed by atoms with Crippen LogP contribution in [0.1, 0.15) is 92.4 Å². The molecule has 1 rings (SSSR count). The van der Waals surface area contributed by atoms with Crippen molar-refractivity contribution in [1.29, 1.82) is 0 Å². The Balaban J connectivity index is 2.07. The summed E-state index contributed by atoms with van der Waals surface area (Å²) in [6.07, 6.45) is 9.50. The number of rotatable bonds is 17. The zero-order valence-corrected chi connectivity index (χ0v) is 20.2. The summed E-state index contributed by atoms with van der Waals surface area (Å²) in [5.41, 5.74) is 0.424. The van der Waals surface area contributed by atoms with Gasteiger partial charge >= 0.3 is 6.03 Å².